The number of rotatable bonds is 5. The molecular weight excluding hydrogens is 212 g/mol. The zero-order valence-electron chi connectivity index (χ0n) is 6.82. The summed E-state index contributed by atoms with van der Waals surface area (Å²) in [5, 5.41) is 0.772. The normalized spacial score (nSPS) is 12.3. The summed E-state index contributed by atoms with van der Waals surface area (Å²) in [6.07, 6.45) is 0. The van der Waals surface area contributed by atoms with Crippen molar-refractivity contribution in [3.63, 3.8) is 0 Å². The molecule has 0 N–H and O–H groups in total. The zero-order chi connectivity index (χ0) is 8.04. The summed E-state index contributed by atoms with van der Waals surface area (Å²) in [5.41, 5.74) is -0.302. The van der Waals surface area contributed by atoms with E-state index in [9.17, 15) is 0 Å². The molecule has 62 valence electrons. The third kappa shape index (κ3) is 3.70. The molecule has 0 unspecified atom stereocenters. The first-order valence-electron chi connectivity index (χ1n) is 3.52. The Balaban J connectivity index is 3.69. The zero-order valence-corrected chi connectivity index (χ0v) is 10.4. The van der Waals surface area contributed by atoms with Gasteiger partial charge in [-0.3, -0.25) is 0 Å². The lowest BCUT2D eigenvalue weighted by Crippen LogP contribution is -2.38. The molecule has 0 rings (SSSR count). The van der Waals surface area contributed by atoms with Gasteiger partial charge in [0, 0.05) is 13.2 Å². The van der Waals surface area contributed by atoms with Gasteiger partial charge in [-0.2, -0.15) is 0 Å². The Morgan fingerprint density at radius 1 is 1.30 bits per heavy atom. The Morgan fingerprint density at radius 2 is 1.70 bits per heavy atom. The molecule has 0 bridgehead atoms. The minimum Gasteiger partial charge on any atom is -0.354 e. The van der Waals surface area contributed by atoms with Crippen molar-refractivity contribution in [2.24, 2.45) is 0 Å². The Morgan fingerprint density at radius 3 is 1.90 bits per heavy atom. The van der Waals surface area contributed by atoms with Crippen LogP contribution in [0.1, 0.15) is 13.8 Å². The van der Waals surface area contributed by atoms with Gasteiger partial charge in [0.05, 0.1) is 15.6 Å². The average molecular weight is 227 g/mol. The number of alkyl halides is 1. The highest BCUT2D eigenvalue weighted by Gasteiger charge is 2.21. The van der Waals surface area contributed by atoms with Gasteiger partial charge in [0.2, 0.25) is 0 Å². The van der Waals surface area contributed by atoms with E-state index < -0.39 is 0 Å². The lowest BCUT2D eigenvalue weighted by atomic mass is 10.7. The fourth-order valence-electron chi connectivity index (χ4n) is 0.729. The number of hydrogen-bond acceptors (Lipinski definition) is 2. The fraction of sp³-hybridized carbons (Fsp3) is 1.00. The smallest absolute Gasteiger partial charge is 0.150 e. The molecule has 0 aliphatic heterocycles. The Kier molecular flexibility index (Phi) is 5.62. The van der Waals surface area contributed by atoms with E-state index in [1.165, 1.54) is 0 Å². The molecule has 10 heavy (non-hydrogen) atoms. The van der Waals surface area contributed by atoms with E-state index in [2.05, 4.69) is 15.9 Å². The van der Waals surface area contributed by atoms with Gasteiger partial charge in [0.25, 0.3) is 0 Å². The van der Waals surface area contributed by atoms with Crippen molar-refractivity contribution in [1.82, 2.24) is 0 Å². The summed E-state index contributed by atoms with van der Waals surface area (Å²) >= 11 is 3.36. The quantitative estimate of drug-likeness (QED) is 0.386. The van der Waals surface area contributed by atoms with Gasteiger partial charge < -0.3 is 9.47 Å². The van der Waals surface area contributed by atoms with Crippen LogP contribution in [0.25, 0.3) is 0 Å². The van der Waals surface area contributed by atoms with Gasteiger partial charge >= 0.3 is 0 Å². The van der Waals surface area contributed by atoms with Crippen molar-refractivity contribution in [1.29, 1.82) is 0 Å². The van der Waals surface area contributed by atoms with E-state index in [4.69, 9.17) is 9.47 Å². The van der Waals surface area contributed by atoms with Crippen molar-refractivity contribution in [3.05, 3.63) is 0 Å². The summed E-state index contributed by atoms with van der Waals surface area (Å²) in [7, 11) is 0.897. The van der Waals surface area contributed by atoms with Crippen LogP contribution in [0.15, 0.2) is 0 Å². The molecule has 4 heteroatoms. The fourth-order valence-corrected chi connectivity index (χ4v) is 1.63. The van der Waals surface area contributed by atoms with Crippen LogP contribution < -0.4 is 0 Å². The minimum absolute atomic E-state index is 0.302. The molecule has 0 saturated carbocycles. The molecule has 0 heterocycles. The largest absolute Gasteiger partial charge is 0.354 e. The average Bonchev–Trinajstić information content (AvgIpc) is 1.89. The highest BCUT2D eigenvalue weighted by Crippen LogP contribution is 2.11. The molecule has 0 amide bonds. The summed E-state index contributed by atoms with van der Waals surface area (Å²) in [6, 6.07) is 0. The molecule has 0 aromatic rings. The molecule has 2 nitrogen and oxygen atoms in total. The SMILES string of the molecule is CCOC([SiH3])(CBr)OCC. The van der Waals surface area contributed by atoms with Gasteiger partial charge in [0.1, 0.15) is 0 Å². The third-order valence-corrected chi connectivity index (χ3v) is 4.13. The molecule has 0 aliphatic rings. The van der Waals surface area contributed by atoms with E-state index in [0.29, 0.717) is 0 Å². The first kappa shape index (κ1) is 10.6. The van der Waals surface area contributed by atoms with Crippen LogP contribution in [0.4, 0.5) is 0 Å². The summed E-state index contributed by atoms with van der Waals surface area (Å²) in [4.78, 5) is 0. The first-order chi connectivity index (χ1) is 4.68. The van der Waals surface area contributed by atoms with E-state index in [1.54, 1.807) is 0 Å². The maximum Gasteiger partial charge on any atom is 0.150 e. The highest BCUT2D eigenvalue weighted by molar-refractivity contribution is 9.09. The van der Waals surface area contributed by atoms with Crippen molar-refractivity contribution < 1.29 is 9.47 Å². The van der Waals surface area contributed by atoms with Crippen molar-refractivity contribution in [2.45, 2.75) is 19.3 Å². The molecule has 0 fully saturated rings. The lowest BCUT2D eigenvalue weighted by molar-refractivity contribution is -0.155. The first-order valence-corrected chi connectivity index (χ1v) is 5.64. The van der Waals surface area contributed by atoms with E-state index >= 15 is 0 Å². The van der Waals surface area contributed by atoms with E-state index in [0.717, 1.165) is 28.8 Å². The van der Waals surface area contributed by atoms with Crippen molar-refractivity contribution >= 4 is 26.2 Å². The van der Waals surface area contributed by atoms with Gasteiger partial charge in [-0.1, -0.05) is 15.9 Å². The predicted octanol–water partition coefficient (Wildman–Crippen LogP) is 0.473. The minimum atomic E-state index is -0.302. The van der Waals surface area contributed by atoms with E-state index in [1.807, 2.05) is 13.8 Å². The van der Waals surface area contributed by atoms with Crippen LogP contribution in [-0.2, 0) is 9.47 Å². The molecule has 0 atom stereocenters. The van der Waals surface area contributed by atoms with E-state index in [-0.39, 0.29) is 5.41 Å². The molecule has 0 aromatic carbocycles. The van der Waals surface area contributed by atoms with Gasteiger partial charge in [0.15, 0.2) is 5.41 Å². The second kappa shape index (κ2) is 5.29. The monoisotopic (exact) mass is 226 g/mol. The molecule has 0 aliphatic carbocycles. The van der Waals surface area contributed by atoms with Gasteiger partial charge in [-0.15, -0.1) is 0 Å². The van der Waals surface area contributed by atoms with Gasteiger partial charge in [-0.05, 0) is 13.8 Å². The number of halogens is 1. The third-order valence-electron chi connectivity index (χ3n) is 1.14. The maximum absolute atomic E-state index is 5.41. The van der Waals surface area contributed by atoms with Crippen LogP contribution >= 0.6 is 15.9 Å². The Bertz CT molecular complexity index is 83.8. The molecule has 0 saturated heterocycles. The number of hydrogen-bond donors (Lipinski definition) is 0. The van der Waals surface area contributed by atoms with Crippen LogP contribution in [0.5, 0.6) is 0 Å². The molecule has 0 aromatic heterocycles. The van der Waals surface area contributed by atoms with Crippen molar-refractivity contribution in [3.8, 4) is 0 Å². The summed E-state index contributed by atoms with van der Waals surface area (Å²) in [5.74, 6) is 0. The second-order valence-corrected chi connectivity index (χ2v) is 4.22. The Labute approximate surface area is 73.8 Å². The van der Waals surface area contributed by atoms with Crippen LogP contribution in [0, 0.1) is 0 Å². The number of ether oxygens (including phenoxy) is 2. The lowest BCUT2D eigenvalue weighted by Gasteiger charge is -2.27. The molecule has 0 spiro atoms. The van der Waals surface area contributed by atoms with Crippen LogP contribution in [-0.4, -0.2) is 34.2 Å². The van der Waals surface area contributed by atoms with Gasteiger partial charge in [-0.25, -0.2) is 0 Å². The molecular formula is C6H15BrO2Si. The van der Waals surface area contributed by atoms with Crippen LogP contribution in [0.3, 0.4) is 0 Å². The summed E-state index contributed by atoms with van der Waals surface area (Å²) < 4.78 is 10.8. The summed E-state index contributed by atoms with van der Waals surface area (Å²) in [6.45, 7) is 5.40. The van der Waals surface area contributed by atoms with Crippen LogP contribution in [0.2, 0.25) is 0 Å². The topological polar surface area (TPSA) is 18.5 Å². The van der Waals surface area contributed by atoms with Crippen molar-refractivity contribution in [2.75, 3.05) is 18.5 Å². The second-order valence-electron chi connectivity index (χ2n) is 2.13. The predicted molar refractivity (Wildman–Crippen MR) is 49.7 cm³/mol. The Hall–Kier alpha value is 0.617. The highest BCUT2D eigenvalue weighted by atomic mass is 79.9. The maximum atomic E-state index is 5.41. The standard InChI is InChI=1S/C6H15BrO2Si/c1-3-8-6(10,5-7)9-4-2/h3-5H2,1-2,10H3. The molecule has 0 radical (unpaired) electrons.